The molecule has 10 nitrogen and oxygen atoms in total. The van der Waals surface area contributed by atoms with Crippen LogP contribution < -0.4 is 30.2 Å². The van der Waals surface area contributed by atoms with Crippen LogP contribution in [0.5, 0.6) is 17.2 Å². The van der Waals surface area contributed by atoms with E-state index in [2.05, 4.69) is 20.9 Å². The Kier molecular flexibility index (Phi) is 9.87. The number of hydrogen-bond acceptors (Lipinski definition) is 8. The predicted octanol–water partition coefficient (Wildman–Crippen LogP) is 2.90. The number of methoxy groups -OCH3 is 2. The Labute approximate surface area is 226 Å². The highest BCUT2D eigenvalue weighted by atomic mass is 19.1. The van der Waals surface area contributed by atoms with Gasteiger partial charge in [-0.15, -0.1) is 0 Å². The van der Waals surface area contributed by atoms with Crippen LogP contribution in [0, 0.1) is 5.92 Å². The van der Waals surface area contributed by atoms with E-state index < -0.39 is 17.6 Å². The largest absolute Gasteiger partial charge is 0.493 e. The Morgan fingerprint density at radius 2 is 1.95 bits per heavy atom. The molecule has 0 unspecified atom stereocenters. The maximum atomic E-state index is 15.1. The number of aromatic nitrogens is 1. The molecule has 4 rings (SSSR count). The Bertz CT molecular complexity index is 1290. The van der Waals surface area contributed by atoms with Gasteiger partial charge < -0.3 is 34.9 Å². The lowest BCUT2D eigenvalue weighted by molar-refractivity contribution is -0.138. The van der Waals surface area contributed by atoms with Crippen molar-refractivity contribution >= 4 is 22.7 Å². The number of rotatable bonds is 10. The average molecular weight is 541 g/mol. The number of amides is 2. The zero-order valence-corrected chi connectivity index (χ0v) is 22.1. The maximum absolute atomic E-state index is 15.1. The lowest BCUT2D eigenvalue weighted by Crippen LogP contribution is -2.40. The van der Waals surface area contributed by atoms with Crippen molar-refractivity contribution in [1.82, 2.24) is 20.9 Å². The molecular weight excluding hydrogens is 507 g/mol. The van der Waals surface area contributed by atoms with Crippen LogP contribution in [0.15, 0.2) is 59.9 Å². The fourth-order valence-electron chi connectivity index (χ4n) is 4.24. The van der Waals surface area contributed by atoms with Crippen molar-refractivity contribution in [2.75, 3.05) is 47.1 Å². The highest BCUT2D eigenvalue weighted by Gasteiger charge is 2.19. The molecular formula is C28H33FN4O6. The molecule has 0 bridgehead atoms. The van der Waals surface area contributed by atoms with Crippen molar-refractivity contribution in [3.63, 3.8) is 0 Å². The molecule has 0 radical (unpaired) electrons. The minimum Gasteiger partial charge on any atom is -0.493 e. The van der Waals surface area contributed by atoms with Gasteiger partial charge in [0.1, 0.15) is 11.5 Å². The van der Waals surface area contributed by atoms with Crippen LogP contribution in [0.25, 0.3) is 10.9 Å². The molecule has 1 aliphatic heterocycles. The molecule has 0 saturated carbocycles. The second-order valence-electron chi connectivity index (χ2n) is 9.12. The van der Waals surface area contributed by atoms with Gasteiger partial charge in [0.05, 0.1) is 25.8 Å². The van der Waals surface area contributed by atoms with Gasteiger partial charge in [0, 0.05) is 49.5 Å². The molecule has 2 amide bonds. The second kappa shape index (κ2) is 13.7. The number of ether oxygens (including phenoxy) is 4. The summed E-state index contributed by atoms with van der Waals surface area (Å²) >= 11 is 0. The molecule has 0 spiro atoms. The van der Waals surface area contributed by atoms with E-state index in [0.717, 1.165) is 32.0 Å². The van der Waals surface area contributed by atoms with E-state index in [4.69, 9.17) is 18.9 Å². The van der Waals surface area contributed by atoms with Crippen molar-refractivity contribution < 1.29 is 32.9 Å². The van der Waals surface area contributed by atoms with Gasteiger partial charge in [-0.25, -0.2) is 4.39 Å². The van der Waals surface area contributed by atoms with E-state index in [0.29, 0.717) is 40.7 Å². The molecule has 3 N–H and O–H groups in total. The first-order valence-corrected chi connectivity index (χ1v) is 12.8. The minimum absolute atomic E-state index is 0.0396. The van der Waals surface area contributed by atoms with E-state index in [-0.39, 0.29) is 31.0 Å². The molecule has 2 aromatic rings. The summed E-state index contributed by atoms with van der Waals surface area (Å²) in [7, 11) is 3.04. The number of carbonyl (C=O) groups excluding carboxylic acids is 2. The van der Waals surface area contributed by atoms with Crippen LogP contribution in [0.2, 0.25) is 0 Å². The van der Waals surface area contributed by atoms with Crippen molar-refractivity contribution in [3.05, 3.63) is 59.9 Å². The van der Waals surface area contributed by atoms with Crippen LogP contribution in [0.3, 0.4) is 0 Å². The molecule has 1 aromatic carbocycles. The van der Waals surface area contributed by atoms with Gasteiger partial charge in [-0.1, -0.05) is 6.08 Å². The van der Waals surface area contributed by atoms with Crippen LogP contribution in [-0.2, 0) is 14.3 Å². The molecule has 1 saturated heterocycles. The van der Waals surface area contributed by atoms with Gasteiger partial charge in [-0.3, -0.25) is 14.6 Å². The lowest BCUT2D eigenvalue weighted by atomic mass is 9.99. The molecule has 208 valence electrons. The van der Waals surface area contributed by atoms with Gasteiger partial charge in [-0.05, 0) is 50.1 Å². The third-order valence-corrected chi connectivity index (χ3v) is 6.36. The molecule has 0 atom stereocenters. The summed E-state index contributed by atoms with van der Waals surface area (Å²) in [5.41, 5.74) is 0.733. The standard InChI is InChI=1S/C28H33FN4O6/c1-36-13-12-32-27(34)28(35)33-19-4-3-5-24(21(29)14-19)39-23-8-11-31-22-16-26(25(37-2)15-20(22)23)38-17-18-6-9-30-10-7-18/h3-4,8,11,14-16,18,30H,5-7,9-10,12-13,17H2,1-2H3,(H,32,34)(H,33,35). The average Bonchev–Trinajstić information content (AvgIpc) is 3.12. The molecule has 11 heteroatoms. The highest BCUT2D eigenvalue weighted by Crippen LogP contribution is 2.37. The van der Waals surface area contributed by atoms with Crippen LogP contribution >= 0.6 is 0 Å². The van der Waals surface area contributed by atoms with Crippen molar-refractivity contribution in [2.45, 2.75) is 19.3 Å². The molecule has 1 aromatic heterocycles. The SMILES string of the molecule is COCCNC(=O)C(=O)NC1=CC(F)=C(Oc2ccnc3cc(OCC4CCNCC4)c(OC)cc23)CC=C1. The molecule has 39 heavy (non-hydrogen) atoms. The van der Waals surface area contributed by atoms with E-state index in [1.54, 1.807) is 37.6 Å². The number of halogens is 1. The van der Waals surface area contributed by atoms with Crippen LogP contribution in [0.4, 0.5) is 4.39 Å². The maximum Gasteiger partial charge on any atom is 0.313 e. The van der Waals surface area contributed by atoms with Gasteiger partial charge >= 0.3 is 11.8 Å². The number of piperidine rings is 1. The number of carbonyl (C=O) groups is 2. The van der Waals surface area contributed by atoms with Gasteiger partial charge in [-0.2, -0.15) is 0 Å². The van der Waals surface area contributed by atoms with Crippen molar-refractivity contribution in [1.29, 1.82) is 0 Å². The summed E-state index contributed by atoms with van der Waals surface area (Å²) in [4.78, 5) is 28.5. The van der Waals surface area contributed by atoms with E-state index in [9.17, 15) is 9.59 Å². The summed E-state index contributed by atoms with van der Waals surface area (Å²) in [5, 5.41) is 8.78. The van der Waals surface area contributed by atoms with Crippen LogP contribution in [-0.4, -0.2) is 63.9 Å². The fourth-order valence-corrected chi connectivity index (χ4v) is 4.24. The zero-order valence-electron chi connectivity index (χ0n) is 22.1. The number of hydrogen-bond donors (Lipinski definition) is 3. The monoisotopic (exact) mass is 540 g/mol. The fraction of sp³-hybridized carbons (Fsp3) is 0.393. The third-order valence-electron chi connectivity index (χ3n) is 6.36. The van der Waals surface area contributed by atoms with E-state index in [1.807, 2.05) is 0 Å². The molecule has 2 heterocycles. The molecule has 1 aliphatic carbocycles. The quantitative estimate of drug-likeness (QED) is 0.311. The topological polar surface area (TPSA) is 120 Å². The first-order valence-electron chi connectivity index (χ1n) is 12.8. The van der Waals surface area contributed by atoms with Crippen molar-refractivity contribution in [3.8, 4) is 17.2 Å². The van der Waals surface area contributed by atoms with Gasteiger partial charge in [0.2, 0.25) is 0 Å². The number of benzene rings is 1. The first kappa shape index (κ1) is 28.1. The first-order chi connectivity index (χ1) is 19.0. The summed E-state index contributed by atoms with van der Waals surface area (Å²) in [5.74, 6) is -0.428. The smallest absolute Gasteiger partial charge is 0.313 e. The third kappa shape index (κ3) is 7.55. The van der Waals surface area contributed by atoms with E-state index in [1.165, 1.54) is 13.2 Å². The van der Waals surface area contributed by atoms with Crippen molar-refractivity contribution in [2.24, 2.45) is 5.92 Å². The molecule has 2 aliphatic rings. The number of nitrogens with one attached hydrogen (secondary N) is 3. The Balaban J connectivity index is 1.49. The minimum atomic E-state index is -0.912. The van der Waals surface area contributed by atoms with E-state index >= 15 is 4.39 Å². The summed E-state index contributed by atoms with van der Waals surface area (Å²) in [6.45, 7) is 3.01. The van der Waals surface area contributed by atoms with Gasteiger partial charge in [0.25, 0.3) is 0 Å². The molecule has 1 fully saturated rings. The second-order valence-corrected chi connectivity index (χ2v) is 9.12. The number of fused-ring (bicyclic) bond motifs is 1. The number of nitrogens with zero attached hydrogens (tertiary/aromatic N) is 1. The zero-order chi connectivity index (χ0) is 27.6. The normalized spacial score (nSPS) is 15.9. The number of allylic oxidation sites excluding steroid dienone is 4. The predicted molar refractivity (Wildman–Crippen MR) is 143 cm³/mol. The number of pyridine rings is 1. The Hall–Kier alpha value is -3.96. The highest BCUT2D eigenvalue weighted by molar-refractivity contribution is 6.35. The summed E-state index contributed by atoms with van der Waals surface area (Å²) in [6.07, 6.45) is 8.07. The summed E-state index contributed by atoms with van der Waals surface area (Å²) in [6, 6.07) is 5.21. The Morgan fingerprint density at radius 1 is 1.13 bits per heavy atom. The lowest BCUT2D eigenvalue weighted by Gasteiger charge is -2.23. The van der Waals surface area contributed by atoms with Crippen LogP contribution in [0.1, 0.15) is 19.3 Å². The Morgan fingerprint density at radius 3 is 2.72 bits per heavy atom. The summed E-state index contributed by atoms with van der Waals surface area (Å²) < 4.78 is 37.6. The van der Waals surface area contributed by atoms with Gasteiger partial charge in [0.15, 0.2) is 17.3 Å².